The van der Waals surface area contributed by atoms with Crippen LogP contribution < -0.4 is 0 Å². The Morgan fingerprint density at radius 2 is 0.523 bits per heavy atom. The normalized spacial score (nSPS) is 11.8. The minimum absolute atomic E-state index is 0. The van der Waals surface area contributed by atoms with E-state index in [1.165, 1.54) is 188 Å². The zero-order valence-electron chi connectivity index (χ0n) is 41.2. The second-order valence-electron chi connectivity index (χ2n) is 18.6. The van der Waals surface area contributed by atoms with E-state index in [0.717, 1.165) is 72.9 Å². The van der Waals surface area contributed by atoms with Gasteiger partial charge in [0.15, 0.2) is 0 Å². The molecule has 362 valence electrons. The Balaban J connectivity index is 0.000000440. The van der Waals surface area contributed by atoms with Gasteiger partial charge in [0.1, 0.15) is 20.2 Å². The average Bonchev–Trinajstić information content (AvgIpc) is 3.27. The van der Waals surface area contributed by atoms with Gasteiger partial charge in [-0.1, -0.05) is 218 Å². The smallest absolute Gasteiger partial charge is 0.744 e. The molecule has 0 saturated heterocycles. The molecule has 0 aromatic heterocycles. The SMILES string of the molecule is CCCCCCCCCc1ccc(CCCCCCCCC)c2cc(S(=O)(=O)[O-])ccc12.CCCCCCCCCc1ccc(CCCCCCCCC)c2cc(S(=O)(=O)[O-])ccc12.[Pb+2]. The zero-order valence-corrected chi connectivity index (χ0v) is 46.7. The number of fused-ring (bicyclic) bond motifs is 2. The Morgan fingerprint density at radius 3 is 0.754 bits per heavy atom. The summed E-state index contributed by atoms with van der Waals surface area (Å²) in [4.78, 5) is -0.224. The van der Waals surface area contributed by atoms with E-state index in [1.54, 1.807) is 12.1 Å². The van der Waals surface area contributed by atoms with Crippen LogP contribution in [0.3, 0.4) is 0 Å². The zero-order chi connectivity index (χ0) is 46.5. The van der Waals surface area contributed by atoms with Crippen LogP contribution in [-0.2, 0) is 45.9 Å². The molecule has 0 fully saturated rings. The summed E-state index contributed by atoms with van der Waals surface area (Å²) in [5.41, 5.74) is 4.88. The molecule has 0 atom stereocenters. The monoisotopic (exact) mass is 1130 g/mol. The first kappa shape index (κ1) is 59.3. The van der Waals surface area contributed by atoms with Gasteiger partial charge < -0.3 is 9.11 Å². The molecule has 0 aliphatic carbocycles. The summed E-state index contributed by atoms with van der Waals surface area (Å²) in [6, 6.07) is 18.7. The molecule has 6 nitrogen and oxygen atoms in total. The average molecular weight is 1130 g/mol. The molecule has 0 amide bonds. The molecule has 0 spiro atoms. The van der Waals surface area contributed by atoms with Crippen molar-refractivity contribution in [1.82, 2.24) is 0 Å². The van der Waals surface area contributed by atoms with Gasteiger partial charge in [0.05, 0.1) is 9.79 Å². The molecule has 0 aliphatic rings. The van der Waals surface area contributed by atoms with Crippen molar-refractivity contribution in [1.29, 1.82) is 0 Å². The Hall–Kier alpha value is -1.86. The molecule has 0 bridgehead atoms. The third-order valence-corrected chi connectivity index (χ3v) is 14.8. The third kappa shape index (κ3) is 23.3. The predicted octanol–water partition coefficient (Wildman–Crippen LogP) is 16.3. The summed E-state index contributed by atoms with van der Waals surface area (Å²) in [5, 5.41) is 4.13. The minimum atomic E-state index is -4.44. The van der Waals surface area contributed by atoms with Gasteiger partial charge >= 0.3 is 27.3 Å². The minimum Gasteiger partial charge on any atom is -0.744 e. The maximum atomic E-state index is 11.6. The van der Waals surface area contributed by atoms with Crippen LogP contribution >= 0.6 is 0 Å². The molecule has 0 unspecified atom stereocenters. The quantitative estimate of drug-likeness (QED) is 0.0261. The first-order valence-electron chi connectivity index (χ1n) is 25.9. The fourth-order valence-corrected chi connectivity index (χ4v) is 10.2. The van der Waals surface area contributed by atoms with Crippen molar-refractivity contribution in [2.24, 2.45) is 0 Å². The van der Waals surface area contributed by atoms with E-state index in [1.807, 2.05) is 12.1 Å². The summed E-state index contributed by atoms with van der Waals surface area (Å²) in [5.74, 6) is 0. The van der Waals surface area contributed by atoms with Gasteiger partial charge in [-0.2, -0.15) is 0 Å². The van der Waals surface area contributed by atoms with Crippen LogP contribution in [0.1, 0.15) is 230 Å². The van der Waals surface area contributed by atoms with E-state index in [0.29, 0.717) is 0 Å². The number of benzene rings is 4. The number of aryl methyl sites for hydroxylation is 4. The molecule has 2 radical (unpaired) electrons. The Bertz CT molecular complexity index is 1960. The molecular formula is C56H86O6PbS2. The van der Waals surface area contributed by atoms with Crippen molar-refractivity contribution in [2.75, 3.05) is 0 Å². The fourth-order valence-electron chi connectivity index (χ4n) is 9.17. The van der Waals surface area contributed by atoms with Crippen LogP contribution in [0.5, 0.6) is 0 Å². The molecule has 0 N–H and O–H groups in total. The van der Waals surface area contributed by atoms with Crippen LogP contribution in [0.2, 0.25) is 0 Å². The van der Waals surface area contributed by atoms with E-state index in [2.05, 4.69) is 52.0 Å². The maximum Gasteiger partial charge on any atom is 2.00 e. The van der Waals surface area contributed by atoms with Gasteiger partial charge in [-0.05, 0) is 119 Å². The van der Waals surface area contributed by atoms with E-state index < -0.39 is 20.2 Å². The first-order chi connectivity index (χ1) is 30.9. The van der Waals surface area contributed by atoms with Gasteiger partial charge in [-0.15, -0.1) is 0 Å². The van der Waals surface area contributed by atoms with E-state index in [-0.39, 0.29) is 37.1 Å². The van der Waals surface area contributed by atoms with Crippen molar-refractivity contribution < 1.29 is 25.9 Å². The van der Waals surface area contributed by atoms with Crippen LogP contribution in [0.15, 0.2) is 70.5 Å². The topological polar surface area (TPSA) is 114 Å². The van der Waals surface area contributed by atoms with Crippen LogP contribution in [0, 0.1) is 0 Å². The number of hydrogen-bond donors (Lipinski definition) is 0. The van der Waals surface area contributed by atoms with Crippen LogP contribution in [0.25, 0.3) is 21.5 Å². The van der Waals surface area contributed by atoms with E-state index in [9.17, 15) is 25.9 Å². The molecule has 4 rings (SSSR count). The fraction of sp³-hybridized carbons (Fsp3) is 0.643. The summed E-state index contributed by atoms with van der Waals surface area (Å²) in [6.45, 7) is 8.95. The van der Waals surface area contributed by atoms with Gasteiger partial charge in [0.25, 0.3) is 0 Å². The Kier molecular flexibility index (Phi) is 31.4. The van der Waals surface area contributed by atoms with Crippen molar-refractivity contribution in [2.45, 2.75) is 243 Å². The molecule has 0 aliphatic heterocycles. The first-order valence-corrected chi connectivity index (χ1v) is 28.8. The second-order valence-corrected chi connectivity index (χ2v) is 21.3. The van der Waals surface area contributed by atoms with Gasteiger partial charge in [0, 0.05) is 0 Å². The van der Waals surface area contributed by atoms with Crippen LogP contribution in [0.4, 0.5) is 0 Å². The summed E-state index contributed by atoms with van der Waals surface area (Å²) in [7, 11) is -8.89. The van der Waals surface area contributed by atoms with Gasteiger partial charge in [-0.3, -0.25) is 0 Å². The number of unbranched alkanes of at least 4 members (excludes halogenated alkanes) is 24. The van der Waals surface area contributed by atoms with Crippen molar-refractivity contribution in [3.63, 3.8) is 0 Å². The molecule has 0 saturated carbocycles. The Labute approximate surface area is 418 Å². The standard InChI is InChI=1S/2C28H44O3S.Pb/c2*1-3-5-7-9-11-13-15-17-24-19-20-25(18-16-14-12-10-8-6-4-2)28-23-26(32(29,30)31)21-22-27(24)28;/h2*19-23H,3-18H2,1-2H3,(H,29,30,31);/q;;+2/p-2. The predicted molar refractivity (Wildman–Crippen MR) is 276 cm³/mol. The molecule has 4 aromatic rings. The molecule has 65 heavy (non-hydrogen) atoms. The van der Waals surface area contributed by atoms with Crippen LogP contribution in [-0.4, -0.2) is 53.2 Å². The van der Waals surface area contributed by atoms with E-state index in [4.69, 9.17) is 0 Å². The van der Waals surface area contributed by atoms with Crippen molar-refractivity contribution >= 4 is 69.1 Å². The van der Waals surface area contributed by atoms with Crippen molar-refractivity contribution in [3.8, 4) is 0 Å². The summed E-state index contributed by atoms with van der Waals surface area (Å²) >= 11 is 0. The largest absolute Gasteiger partial charge is 2.00 e. The molecule has 9 heteroatoms. The molecule has 0 heterocycles. The summed E-state index contributed by atoms with van der Waals surface area (Å²) in [6.07, 6.45) is 39.2. The van der Waals surface area contributed by atoms with Gasteiger partial charge in [-0.25, -0.2) is 16.8 Å². The number of rotatable bonds is 34. The molecule has 4 aromatic carbocycles. The summed E-state index contributed by atoms with van der Waals surface area (Å²) < 4.78 is 69.7. The second kappa shape index (κ2) is 34.4. The third-order valence-electron chi connectivity index (χ3n) is 13.1. The number of hydrogen-bond acceptors (Lipinski definition) is 6. The van der Waals surface area contributed by atoms with Crippen molar-refractivity contribution in [3.05, 3.63) is 82.9 Å². The maximum absolute atomic E-state index is 11.6. The molecular weight excluding hydrogens is 1040 g/mol. The van der Waals surface area contributed by atoms with E-state index >= 15 is 0 Å². The Morgan fingerprint density at radius 1 is 0.308 bits per heavy atom. The van der Waals surface area contributed by atoms with Gasteiger partial charge in [0.2, 0.25) is 0 Å².